The third kappa shape index (κ3) is 2.90. The summed E-state index contributed by atoms with van der Waals surface area (Å²) >= 11 is 9.53. The van der Waals surface area contributed by atoms with Crippen molar-refractivity contribution >= 4 is 44.7 Å². The molecule has 1 heterocycles. The Morgan fingerprint density at radius 1 is 1.35 bits per heavy atom. The number of hydrogen-bond donors (Lipinski definition) is 2. The van der Waals surface area contributed by atoms with Crippen LogP contribution in [0.25, 0.3) is 0 Å². The van der Waals surface area contributed by atoms with Crippen molar-refractivity contribution in [3.63, 3.8) is 0 Å². The van der Waals surface area contributed by atoms with E-state index in [0.717, 1.165) is 15.7 Å². The number of aromatic nitrogens is 1. The summed E-state index contributed by atoms with van der Waals surface area (Å²) in [6, 6.07) is 7.59. The number of nitrogens with two attached hydrogens (primary N) is 1. The Labute approximate surface area is 113 Å². The number of nitrogens with one attached hydrogen (secondary N) is 1. The van der Waals surface area contributed by atoms with E-state index in [4.69, 9.17) is 17.3 Å². The van der Waals surface area contributed by atoms with Gasteiger partial charge in [0.05, 0.1) is 27.1 Å². The summed E-state index contributed by atoms with van der Waals surface area (Å²) < 4.78 is 0.800. The minimum absolute atomic E-state index is 0.609. The van der Waals surface area contributed by atoms with Crippen molar-refractivity contribution in [3.05, 3.63) is 45.5 Å². The van der Waals surface area contributed by atoms with Crippen LogP contribution >= 0.6 is 27.5 Å². The maximum Gasteiger partial charge on any atom is 0.144 e. The van der Waals surface area contributed by atoms with E-state index in [0.29, 0.717) is 16.5 Å². The van der Waals surface area contributed by atoms with Gasteiger partial charge in [-0.15, -0.1) is 0 Å². The van der Waals surface area contributed by atoms with Crippen LogP contribution in [0.15, 0.2) is 34.9 Å². The highest BCUT2D eigenvalue weighted by Crippen LogP contribution is 2.29. The molecule has 0 saturated heterocycles. The Balaban J connectivity index is 2.31. The van der Waals surface area contributed by atoms with Crippen LogP contribution in [-0.4, -0.2) is 4.98 Å². The average Bonchev–Trinajstić information content (AvgIpc) is 2.25. The Morgan fingerprint density at radius 2 is 2.12 bits per heavy atom. The van der Waals surface area contributed by atoms with Crippen LogP contribution in [0.5, 0.6) is 0 Å². The molecule has 0 amide bonds. The van der Waals surface area contributed by atoms with Gasteiger partial charge in [0.2, 0.25) is 0 Å². The molecule has 1 aromatic carbocycles. The molecule has 3 nitrogen and oxygen atoms in total. The minimum Gasteiger partial charge on any atom is -0.397 e. The van der Waals surface area contributed by atoms with Crippen LogP contribution in [0.2, 0.25) is 5.02 Å². The number of aryl methyl sites for hydroxylation is 1. The fraction of sp³-hybridized carbons (Fsp3) is 0.0833. The number of benzene rings is 1. The van der Waals surface area contributed by atoms with E-state index in [1.807, 2.05) is 25.1 Å². The second kappa shape index (κ2) is 4.94. The van der Waals surface area contributed by atoms with Crippen molar-refractivity contribution in [2.45, 2.75) is 6.92 Å². The van der Waals surface area contributed by atoms with Gasteiger partial charge in [0.1, 0.15) is 5.82 Å². The topological polar surface area (TPSA) is 50.9 Å². The van der Waals surface area contributed by atoms with E-state index in [-0.39, 0.29) is 0 Å². The molecule has 0 aliphatic heterocycles. The highest BCUT2D eigenvalue weighted by molar-refractivity contribution is 9.10. The molecule has 0 fully saturated rings. The first-order chi connectivity index (χ1) is 8.06. The molecule has 0 radical (unpaired) electrons. The lowest BCUT2D eigenvalue weighted by molar-refractivity contribution is 1.29. The highest BCUT2D eigenvalue weighted by atomic mass is 79.9. The first-order valence-electron chi connectivity index (χ1n) is 5.00. The summed E-state index contributed by atoms with van der Waals surface area (Å²) in [5, 5.41) is 3.81. The lowest BCUT2D eigenvalue weighted by Gasteiger charge is -2.10. The molecule has 3 N–H and O–H groups in total. The van der Waals surface area contributed by atoms with E-state index in [2.05, 4.69) is 26.2 Å². The first-order valence-corrected chi connectivity index (χ1v) is 6.17. The number of anilines is 3. The first kappa shape index (κ1) is 12.2. The Bertz CT molecular complexity index is 508. The van der Waals surface area contributed by atoms with E-state index >= 15 is 0 Å². The zero-order valence-corrected chi connectivity index (χ0v) is 11.5. The number of hydrogen-bond acceptors (Lipinski definition) is 3. The molecule has 0 atom stereocenters. The largest absolute Gasteiger partial charge is 0.397 e. The molecule has 17 heavy (non-hydrogen) atoms. The summed E-state index contributed by atoms with van der Waals surface area (Å²) in [5.41, 5.74) is 8.16. The van der Waals surface area contributed by atoms with Crippen molar-refractivity contribution in [1.82, 2.24) is 4.98 Å². The van der Waals surface area contributed by atoms with Gasteiger partial charge in [-0.05, 0) is 46.6 Å². The third-order valence-electron chi connectivity index (χ3n) is 2.24. The fourth-order valence-corrected chi connectivity index (χ4v) is 2.14. The zero-order chi connectivity index (χ0) is 12.4. The Hall–Kier alpha value is -1.26. The minimum atomic E-state index is 0.609. The molecular formula is C12H11BrClN3. The van der Waals surface area contributed by atoms with Gasteiger partial charge in [-0.3, -0.25) is 0 Å². The van der Waals surface area contributed by atoms with Crippen LogP contribution in [0, 0.1) is 6.92 Å². The van der Waals surface area contributed by atoms with Crippen LogP contribution in [0.4, 0.5) is 17.2 Å². The van der Waals surface area contributed by atoms with Crippen LogP contribution in [0.1, 0.15) is 5.56 Å². The number of halogens is 2. The lowest BCUT2D eigenvalue weighted by atomic mass is 10.2. The summed E-state index contributed by atoms with van der Waals surface area (Å²) in [6.07, 6.45) is 1.59. The number of pyridine rings is 1. The summed E-state index contributed by atoms with van der Waals surface area (Å²) in [7, 11) is 0. The SMILES string of the molecule is Cc1ccc(Nc2ncc(N)cc2Br)c(Cl)c1. The van der Waals surface area contributed by atoms with Gasteiger partial charge in [0.25, 0.3) is 0 Å². The zero-order valence-electron chi connectivity index (χ0n) is 9.17. The molecule has 2 rings (SSSR count). The molecule has 88 valence electrons. The summed E-state index contributed by atoms with van der Waals surface area (Å²) in [4.78, 5) is 4.20. The van der Waals surface area contributed by atoms with Gasteiger partial charge in [-0.25, -0.2) is 4.98 Å². The van der Waals surface area contributed by atoms with Gasteiger partial charge in [-0.1, -0.05) is 17.7 Å². The molecule has 0 bridgehead atoms. The predicted octanol–water partition coefficient (Wildman–Crippen LogP) is 4.13. The van der Waals surface area contributed by atoms with Crippen molar-refractivity contribution < 1.29 is 0 Å². The van der Waals surface area contributed by atoms with Crippen LogP contribution in [-0.2, 0) is 0 Å². The Morgan fingerprint density at radius 3 is 2.76 bits per heavy atom. The number of nitrogen functional groups attached to an aromatic ring is 1. The van der Waals surface area contributed by atoms with E-state index < -0.39 is 0 Å². The van der Waals surface area contributed by atoms with Gasteiger partial charge >= 0.3 is 0 Å². The van der Waals surface area contributed by atoms with E-state index in [9.17, 15) is 0 Å². The average molecular weight is 313 g/mol. The van der Waals surface area contributed by atoms with Gasteiger partial charge in [0, 0.05) is 0 Å². The number of rotatable bonds is 2. The molecule has 0 saturated carbocycles. The molecule has 1 aromatic heterocycles. The van der Waals surface area contributed by atoms with E-state index in [1.54, 1.807) is 12.3 Å². The monoisotopic (exact) mass is 311 g/mol. The fourth-order valence-electron chi connectivity index (χ4n) is 1.39. The van der Waals surface area contributed by atoms with Crippen molar-refractivity contribution in [1.29, 1.82) is 0 Å². The van der Waals surface area contributed by atoms with Crippen molar-refractivity contribution in [2.24, 2.45) is 0 Å². The number of nitrogens with zero attached hydrogens (tertiary/aromatic N) is 1. The second-order valence-electron chi connectivity index (χ2n) is 3.71. The third-order valence-corrected chi connectivity index (χ3v) is 3.16. The molecule has 5 heteroatoms. The molecule has 2 aromatic rings. The van der Waals surface area contributed by atoms with Crippen molar-refractivity contribution in [2.75, 3.05) is 11.1 Å². The Kier molecular flexibility index (Phi) is 3.54. The molecule has 0 spiro atoms. The van der Waals surface area contributed by atoms with E-state index in [1.165, 1.54) is 0 Å². The molecule has 0 unspecified atom stereocenters. The maximum atomic E-state index is 6.13. The molecule has 0 aliphatic rings. The smallest absolute Gasteiger partial charge is 0.144 e. The van der Waals surface area contributed by atoms with Crippen LogP contribution < -0.4 is 11.1 Å². The molecular weight excluding hydrogens is 302 g/mol. The highest BCUT2D eigenvalue weighted by Gasteiger charge is 2.05. The van der Waals surface area contributed by atoms with Crippen LogP contribution in [0.3, 0.4) is 0 Å². The van der Waals surface area contributed by atoms with Gasteiger partial charge < -0.3 is 11.1 Å². The van der Waals surface area contributed by atoms with Crippen molar-refractivity contribution in [3.8, 4) is 0 Å². The normalized spacial score (nSPS) is 10.3. The lowest BCUT2D eigenvalue weighted by Crippen LogP contribution is -1.97. The summed E-state index contributed by atoms with van der Waals surface area (Å²) in [5.74, 6) is 0.685. The maximum absolute atomic E-state index is 6.13. The second-order valence-corrected chi connectivity index (χ2v) is 4.97. The summed E-state index contributed by atoms with van der Waals surface area (Å²) in [6.45, 7) is 1.99. The molecule has 0 aliphatic carbocycles. The standard InChI is InChI=1S/C12H11BrClN3/c1-7-2-3-11(10(14)4-7)17-12-9(13)5-8(15)6-16-12/h2-6H,15H2,1H3,(H,16,17). The quantitative estimate of drug-likeness (QED) is 0.876. The van der Waals surface area contributed by atoms with Gasteiger partial charge in [-0.2, -0.15) is 0 Å². The predicted molar refractivity (Wildman–Crippen MR) is 75.8 cm³/mol. The van der Waals surface area contributed by atoms with Gasteiger partial charge in [0.15, 0.2) is 0 Å².